The lowest BCUT2D eigenvalue weighted by Crippen LogP contribution is -2.29. The zero-order valence-corrected chi connectivity index (χ0v) is 10.7. The van der Waals surface area contributed by atoms with E-state index in [0.29, 0.717) is 24.3 Å². The summed E-state index contributed by atoms with van der Waals surface area (Å²) in [4.78, 5) is 11.6. The quantitative estimate of drug-likeness (QED) is 0.889. The van der Waals surface area contributed by atoms with Gasteiger partial charge >= 0.3 is 0 Å². The molecule has 1 saturated heterocycles. The lowest BCUT2D eigenvalue weighted by molar-refractivity contribution is -0.119. The number of hydrogen-bond acceptors (Lipinski definition) is 4. The molecule has 96 valence electrons. The number of ether oxygens (including phenoxy) is 2. The van der Waals surface area contributed by atoms with Gasteiger partial charge in [0.2, 0.25) is 0 Å². The van der Waals surface area contributed by atoms with Crippen molar-refractivity contribution in [2.75, 3.05) is 14.2 Å². The third-order valence-electron chi connectivity index (χ3n) is 3.03. The van der Waals surface area contributed by atoms with Gasteiger partial charge in [0.25, 0.3) is 0 Å². The summed E-state index contributed by atoms with van der Waals surface area (Å²) in [7, 11) is 3.20. The van der Waals surface area contributed by atoms with E-state index < -0.39 is 0 Å². The predicted molar refractivity (Wildman–Crippen MR) is 68.8 cm³/mol. The van der Waals surface area contributed by atoms with E-state index in [4.69, 9.17) is 9.47 Å². The molecule has 0 bridgehead atoms. The van der Waals surface area contributed by atoms with Crippen molar-refractivity contribution < 1.29 is 14.3 Å². The summed E-state index contributed by atoms with van der Waals surface area (Å²) in [5.74, 6) is 1.56. The first-order valence-electron chi connectivity index (χ1n) is 5.82. The van der Waals surface area contributed by atoms with Gasteiger partial charge in [0, 0.05) is 18.5 Å². The zero-order valence-electron chi connectivity index (χ0n) is 10.7. The van der Waals surface area contributed by atoms with Gasteiger partial charge in [-0.05, 0) is 17.7 Å². The van der Waals surface area contributed by atoms with E-state index in [1.54, 1.807) is 14.2 Å². The second-order valence-corrected chi connectivity index (χ2v) is 4.33. The van der Waals surface area contributed by atoms with E-state index in [1.165, 1.54) is 0 Å². The molecular formula is C14H17NO3. The normalized spacial score (nSPS) is 19.3. The molecule has 1 heterocycles. The maximum Gasteiger partial charge on any atom is 0.161 e. The van der Waals surface area contributed by atoms with Crippen LogP contribution in [0.3, 0.4) is 0 Å². The van der Waals surface area contributed by atoms with Gasteiger partial charge in [-0.3, -0.25) is 4.79 Å². The Morgan fingerprint density at radius 1 is 1.28 bits per heavy atom. The molecule has 4 heteroatoms. The molecule has 0 aliphatic carbocycles. The number of piperidine rings is 1. The Kier molecular flexibility index (Phi) is 3.55. The van der Waals surface area contributed by atoms with Crippen molar-refractivity contribution in [1.82, 2.24) is 5.32 Å². The third kappa shape index (κ3) is 2.47. The smallest absolute Gasteiger partial charge is 0.161 e. The molecule has 4 nitrogen and oxygen atoms in total. The average Bonchev–Trinajstić information content (AvgIpc) is 2.36. The second-order valence-electron chi connectivity index (χ2n) is 4.33. The first-order chi connectivity index (χ1) is 8.63. The molecule has 1 aromatic rings. The van der Waals surface area contributed by atoms with Crippen LogP contribution in [0.5, 0.6) is 11.5 Å². The average molecular weight is 247 g/mol. The topological polar surface area (TPSA) is 47.6 Å². The van der Waals surface area contributed by atoms with Crippen LogP contribution in [0.2, 0.25) is 0 Å². The molecule has 1 aromatic carbocycles. The summed E-state index contributed by atoms with van der Waals surface area (Å²) in [6.45, 7) is 3.83. The minimum atomic E-state index is -0.0291. The molecule has 0 amide bonds. The standard InChI is InChI=1S/C14H17NO3/c1-9-6-11(16)8-12(15-9)10-4-5-13(17-2)14(7-10)18-3/h4-5,7,12,15H,1,6,8H2,2-3H3. The number of allylic oxidation sites excluding steroid dienone is 1. The van der Waals surface area contributed by atoms with Crippen molar-refractivity contribution >= 4 is 5.78 Å². The van der Waals surface area contributed by atoms with Crippen LogP contribution >= 0.6 is 0 Å². The van der Waals surface area contributed by atoms with E-state index in [0.717, 1.165) is 11.3 Å². The number of methoxy groups -OCH3 is 2. The van der Waals surface area contributed by atoms with Crippen LogP contribution in [0.1, 0.15) is 24.4 Å². The number of hydrogen-bond donors (Lipinski definition) is 1. The molecule has 2 rings (SSSR count). The number of ketones is 1. The summed E-state index contributed by atoms with van der Waals surface area (Å²) < 4.78 is 10.5. The van der Waals surface area contributed by atoms with Gasteiger partial charge in [0.05, 0.1) is 20.3 Å². The van der Waals surface area contributed by atoms with Crippen LogP contribution in [-0.2, 0) is 4.79 Å². The summed E-state index contributed by atoms with van der Waals surface area (Å²) in [6, 6.07) is 5.64. The van der Waals surface area contributed by atoms with Crippen LogP contribution in [0.4, 0.5) is 0 Å². The minimum absolute atomic E-state index is 0.0291. The molecule has 1 unspecified atom stereocenters. The Balaban J connectivity index is 2.27. The molecule has 0 spiro atoms. The summed E-state index contributed by atoms with van der Waals surface area (Å²) in [5, 5.41) is 3.24. The highest BCUT2D eigenvalue weighted by molar-refractivity contribution is 5.82. The van der Waals surface area contributed by atoms with Crippen molar-refractivity contribution in [3.8, 4) is 11.5 Å². The van der Waals surface area contributed by atoms with Crippen molar-refractivity contribution in [2.45, 2.75) is 18.9 Å². The second kappa shape index (κ2) is 5.12. The number of rotatable bonds is 3. The highest BCUT2D eigenvalue weighted by Crippen LogP contribution is 2.32. The van der Waals surface area contributed by atoms with Crippen LogP contribution in [-0.4, -0.2) is 20.0 Å². The zero-order chi connectivity index (χ0) is 13.1. The number of nitrogens with one attached hydrogen (secondary N) is 1. The molecule has 18 heavy (non-hydrogen) atoms. The first-order valence-corrected chi connectivity index (χ1v) is 5.82. The Hall–Kier alpha value is -1.97. The van der Waals surface area contributed by atoms with Gasteiger partial charge in [-0.1, -0.05) is 12.6 Å². The molecule has 1 atom stereocenters. The molecule has 1 aliphatic heterocycles. The van der Waals surface area contributed by atoms with Crippen molar-refractivity contribution in [1.29, 1.82) is 0 Å². The third-order valence-corrected chi connectivity index (χ3v) is 3.03. The van der Waals surface area contributed by atoms with Gasteiger partial charge in [0.15, 0.2) is 11.5 Å². The maximum atomic E-state index is 11.6. The molecule has 1 aliphatic rings. The fourth-order valence-electron chi connectivity index (χ4n) is 2.16. The maximum absolute atomic E-state index is 11.6. The lowest BCUT2D eigenvalue weighted by Gasteiger charge is -2.26. The molecule has 1 N–H and O–H groups in total. The van der Waals surface area contributed by atoms with Gasteiger partial charge in [0.1, 0.15) is 5.78 Å². The van der Waals surface area contributed by atoms with Crippen molar-refractivity contribution in [3.05, 3.63) is 36.0 Å². The van der Waals surface area contributed by atoms with Crippen LogP contribution in [0, 0.1) is 0 Å². The SMILES string of the molecule is C=C1CC(=O)CC(c2ccc(OC)c(OC)c2)N1. The number of Topliss-reactive ketones (excluding diaryl/α,β-unsaturated/α-hetero) is 1. The summed E-state index contributed by atoms with van der Waals surface area (Å²) in [5.41, 5.74) is 1.77. The monoisotopic (exact) mass is 247 g/mol. The molecule has 1 fully saturated rings. The van der Waals surface area contributed by atoms with E-state index in [1.807, 2.05) is 18.2 Å². The van der Waals surface area contributed by atoms with Crippen molar-refractivity contribution in [2.24, 2.45) is 0 Å². The lowest BCUT2D eigenvalue weighted by atomic mass is 9.95. The van der Waals surface area contributed by atoms with E-state index in [-0.39, 0.29) is 11.8 Å². The fraction of sp³-hybridized carbons (Fsp3) is 0.357. The fourth-order valence-corrected chi connectivity index (χ4v) is 2.16. The highest BCUT2D eigenvalue weighted by atomic mass is 16.5. The molecule has 0 aromatic heterocycles. The van der Waals surface area contributed by atoms with Crippen LogP contribution in [0.25, 0.3) is 0 Å². The van der Waals surface area contributed by atoms with E-state index >= 15 is 0 Å². The number of carbonyl (C=O) groups excluding carboxylic acids is 1. The Bertz CT molecular complexity index is 466. The minimum Gasteiger partial charge on any atom is -0.493 e. The van der Waals surface area contributed by atoms with Crippen LogP contribution in [0.15, 0.2) is 30.5 Å². The van der Waals surface area contributed by atoms with E-state index in [9.17, 15) is 4.79 Å². The number of benzene rings is 1. The van der Waals surface area contributed by atoms with Crippen molar-refractivity contribution in [3.63, 3.8) is 0 Å². The Labute approximate surface area is 107 Å². The summed E-state index contributed by atoms with van der Waals surface area (Å²) >= 11 is 0. The largest absolute Gasteiger partial charge is 0.493 e. The predicted octanol–water partition coefficient (Wildman–Crippen LogP) is 2.21. The van der Waals surface area contributed by atoms with Gasteiger partial charge in [-0.2, -0.15) is 0 Å². The summed E-state index contributed by atoms with van der Waals surface area (Å²) in [6.07, 6.45) is 0.901. The van der Waals surface area contributed by atoms with Gasteiger partial charge in [-0.25, -0.2) is 0 Å². The molecular weight excluding hydrogens is 230 g/mol. The van der Waals surface area contributed by atoms with Gasteiger partial charge < -0.3 is 14.8 Å². The Morgan fingerprint density at radius 3 is 2.61 bits per heavy atom. The first kappa shape index (κ1) is 12.5. The van der Waals surface area contributed by atoms with Gasteiger partial charge in [-0.15, -0.1) is 0 Å². The van der Waals surface area contributed by atoms with E-state index in [2.05, 4.69) is 11.9 Å². The number of carbonyl (C=O) groups is 1. The van der Waals surface area contributed by atoms with Crippen LogP contribution < -0.4 is 14.8 Å². The molecule has 0 saturated carbocycles. The Morgan fingerprint density at radius 2 is 2.00 bits per heavy atom. The molecule has 0 radical (unpaired) electrons. The highest BCUT2D eigenvalue weighted by Gasteiger charge is 2.23.